The molecule has 0 aliphatic rings. The van der Waals surface area contributed by atoms with Crippen molar-refractivity contribution in [2.75, 3.05) is 0 Å². The number of carboxylic acids is 1. The van der Waals surface area contributed by atoms with Crippen LogP contribution in [0, 0.1) is 6.92 Å². The third-order valence-corrected chi connectivity index (χ3v) is 2.09. The van der Waals surface area contributed by atoms with E-state index in [2.05, 4.69) is 10.5 Å². The fourth-order valence-electron chi connectivity index (χ4n) is 1.22. The van der Waals surface area contributed by atoms with Crippen LogP contribution in [0.25, 0.3) is 0 Å². The number of aromatic nitrogens is 1. The minimum absolute atomic E-state index is 0.159. The second-order valence-corrected chi connectivity index (χ2v) is 3.65. The molecule has 1 atom stereocenters. The van der Waals surface area contributed by atoms with Gasteiger partial charge in [-0.1, -0.05) is 5.16 Å². The van der Waals surface area contributed by atoms with Gasteiger partial charge in [-0.15, -0.1) is 0 Å². The summed E-state index contributed by atoms with van der Waals surface area (Å²) in [5.74, 6) is 0.00818. The minimum atomic E-state index is -0.765. The Morgan fingerprint density at radius 1 is 1.73 bits per heavy atom. The number of hydrogen-bond acceptors (Lipinski definition) is 4. The first kappa shape index (κ1) is 11.7. The second-order valence-electron chi connectivity index (χ2n) is 3.65. The number of nitrogens with one attached hydrogen (secondary N) is 1. The molecule has 0 spiro atoms. The smallest absolute Gasteiger partial charge is 0.303 e. The van der Waals surface area contributed by atoms with E-state index in [-0.39, 0.29) is 12.5 Å². The minimum Gasteiger partial charge on any atom is -0.481 e. The summed E-state index contributed by atoms with van der Waals surface area (Å²) in [7, 11) is 0. The lowest BCUT2D eigenvalue weighted by atomic mass is 10.2. The first-order chi connectivity index (χ1) is 7.08. The van der Waals surface area contributed by atoms with Gasteiger partial charge in [0.15, 0.2) is 5.76 Å². The third kappa shape index (κ3) is 4.60. The summed E-state index contributed by atoms with van der Waals surface area (Å²) < 4.78 is 5.01. The largest absolute Gasteiger partial charge is 0.481 e. The molecule has 1 rings (SSSR count). The Kier molecular flexibility index (Phi) is 4.30. The van der Waals surface area contributed by atoms with E-state index in [0.717, 1.165) is 11.5 Å². The van der Waals surface area contributed by atoms with Gasteiger partial charge in [-0.05, 0) is 20.3 Å². The summed E-state index contributed by atoms with van der Waals surface area (Å²) in [6, 6.07) is 2.02. The summed E-state index contributed by atoms with van der Waals surface area (Å²) in [5, 5.41) is 15.4. The van der Waals surface area contributed by atoms with Crippen molar-refractivity contribution in [3.63, 3.8) is 0 Å². The van der Waals surface area contributed by atoms with E-state index in [1.165, 1.54) is 0 Å². The normalized spacial score (nSPS) is 12.7. The molecule has 0 aliphatic heterocycles. The Bertz CT molecular complexity index is 322. The van der Waals surface area contributed by atoms with Crippen molar-refractivity contribution in [3.05, 3.63) is 17.5 Å². The molecule has 0 amide bonds. The molecule has 5 nitrogen and oxygen atoms in total. The molecule has 84 valence electrons. The van der Waals surface area contributed by atoms with Gasteiger partial charge >= 0.3 is 5.97 Å². The van der Waals surface area contributed by atoms with Crippen LogP contribution in [-0.4, -0.2) is 22.3 Å². The number of aryl methyl sites for hydroxylation is 1. The van der Waals surface area contributed by atoms with Crippen LogP contribution < -0.4 is 5.32 Å². The number of aliphatic carboxylic acids is 1. The molecule has 15 heavy (non-hydrogen) atoms. The second kappa shape index (κ2) is 5.50. The predicted octanol–water partition coefficient (Wildman–Crippen LogP) is 1.33. The Labute approximate surface area is 88.5 Å². The van der Waals surface area contributed by atoms with E-state index in [9.17, 15) is 4.79 Å². The molecule has 1 aromatic rings. The van der Waals surface area contributed by atoms with Crippen molar-refractivity contribution < 1.29 is 14.4 Å². The quantitative estimate of drug-likeness (QED) is 0.744. The average molecular weight is 212 g/mol. The topological polar surface area (TPSA) is 75.4 Å². The summed E-state index contributed by atoms with van der Waals surface area (Å²) in [4.78, 5) is 10.3. The van der Waals surface area contributed by atoms with Crippen molar-refractivity contribution in [1.29, 1.82) is 0 Å². The molecule has 1 unspecified atom stereocenters. The molecule has 0 saturated carbocycles. The Morgan fingerprint density at radius 2 is 2.47 bits per heavy atom. The van der Waals surface area contributed by atoms with Crippen LogP contribution in [0.1, 0.15) is 31.2 Å². The highest BCUT2D eigenvalue weighted by Gasteiger charge is 2.06. The Morgan fingerprint density at radius 3 is 3.00 bits per heavy atom. The van der Waals surface area contributed by atoms with Gasteiger partial charge in [0.1, 0.15) is 0 Å². The lowest BCUT2D eigenvalue weighted by molar-refractivity contribution is -0.137. The number of carbonyl (C=O) groups is 1. The first-order valence-corrected chi connectivity index (χ1v) is 4.95. The highest BCUT2D eigenvalue weighted by molar-refractivity contribution is 5.66. The number of carboxylic acid groups (broad SMARTS) is 1. The Balaban J connectivity index is 2.22. The molecule has 0 radical (unpaired) electrons. The van der Waals surface area contributed by atoms with Gasteiger partial charge in [-0.3, -0.25) is 4.79 Å². The van der Waals surface area contributed by atoms with Crippen LogP contribution in [0.2, 0.25) is 0 Å². The number of rotatable bonds is 6. The van der Waals surface area contributed by atoms with Gasteiger partial charge in [-0.2, -0.15) is 0 Å². The van der Waals surface area contributed by atoms with Crippen LogP contribution in [0.4, 0.5) is 0 Å². The van der Waals surface area contributed by atoms with Gasteiger partial charge in [0.25, 0.3) is 0 Å². The monoisotopic (exact) mass is 212 g/mol. The summed E-state index contributed by atoms with van der Waals surface area (Å²) >= 11 is 0. The van der Waals surface area contributed by atoms with Crippen LogP contribution in [-0.2, 0) is 11.3 Å². The molecule has 0 fully saturated rings. The van der Waals surface area contributed by atoms with Crippen LogP contribution in [0.15, 0.2) is 10.6 Å². The van der Waals surface area contributed by atoms with Crippen LogP contribution >= 0.6 is 0 Å². The highest BCUT2D eigenvalue weighted by atomic mass is 16.5. The molecular formula is C10H16N2O3. The van der Waals surface area contributed by atoms with Gasteiger partial charge in [-0.25, -0.2) is 0 Å². The molecule has 2 N–H and O–H groups in total. The molecule has 0 saturated heterocycles. The summed E-state index contributed by atoms with van der Waals surface area (Å²) in [5.41, 5.74) is 0.852. The van der Waals surface area contributed by atoms with Crippen LogP contribution in [0.5, 0.6) is 0 Å². The van der Waals surface area contributed by atoms with Crippen molar-refractivity contribution in [3.8, 4) is 0 Å². The summed E-state index contributed by atoms with van der Waals surface area (Å²) in [6.45, 7) is 4.40. The molecule has 1 heterocycles. The molecule has 5 heteroatoms. The lowest BCUT2D eigenvalue weighted by Gasteiger charge is -2.10. The number of nitrogens with zero attached hydrogens (tertiary/aromatic N) is 1. The summed E-state index contributed by atoms with van der Waals surface area (Å²) in [6.07, 6.45) is 0.798. The molecule has 0 aliphatic carbocycles. The fourth-order valence-corrected chi connectivity index (χ4v) is 1.22. The van der Waals surface area contributed by atoms with E-state index in [1.807, 2.05) is 19.9 Å². The third-order valence-electron chi connectivity index (χ3n) is 2.09. The maximum atomic E-state index is 10.3. The van der Waals surface area contributed by atoms with E-state index >= 15 is 0 Å². The van der Waals surface area contributed by atoms with Gasteiger partial charge in [0, 0.05) is 18.5 Å². The molecule has 0 bridgehead atoms. The van der Waals surface area contributed by atoms with Crippen LogP contribution in [0.3, 0.4) is 0 Å². The average Bonchev–Trinajstić information content (AvgIpc) is 2.58. The standard InChI is InChI=1S/C10H16N2O3/c1-7(3-4-10(13)14)11-6-9-5-8(2)12-15-9/h5,7,11H,3-4,6H2,1-2H3,(H,13,14). The Hall–Kier alpha value is -1.36. The van der Waals surface area contributed by atoms with Crippen molar-refractivity contribution in [2.24, 2.45) is 0 Å². The van der Waals surface area contributed by atoms with E-state index in [1.54, 1.807) is 0 Å². The van der Waals surface area contributed by atoms with E-state index < -0.39 is 5.97 Å². The fraction of sp³-hybridized carbons (Fsp3) is 0.600. The number of hydrogen-bond donors (Lipinski definition) is 2. The molecule has 1 aromatic heterocycles. The zero-order valence-corrected chi connectivity index (χ0v) is 8.99. The zero-order chi connectivity index (χ0) is 11.3. The lowest BCUT2D eigenvalue weighted by Crippen LogP contribution is -2.25. The zero-order valence-electron chi connectivity index (χ0n) is 8.99. The first-order valence-electron chi connectivity index (χ1n) is 4.95. The highest BCUT2D eigenvalue weighted by Crippen LogP contribution is 2.03. The molecular weight excluding hydrogens is 196 g/mol. The van der Waals surface area contributed by atoms with Gasteiger partial charge < -0.3 is 14.9 Å². The van der Waals surface area contributed by atoms with Crippen molar-refractivity contribution in [1.82, 2.24) is 10.5 Å². The van der Waals surface area contributed by atoms with E-state index in [4.69, 9.17) is 9.63 Å². The van der Waals surface area contributed by atoms with Gasteiger partial charge in [0.05, 0.1) is 12.2 Å². The van der Waals surface area contributed by atoms with Crippen molar-refractivity contribution >= 4 is 5.97 Å². The maximum Gasteiger partial charge on any atom is 0.303 e. The van der Waals surface area contributed by atoms with Crippen molar-refractivity contribution in [2.45, 2.75) is 39.3 Å². The predicted molar refractivity (Wildman–Crippen MR) is 54.4 cm³/mol. The maximum absolute atomic E-state index is 10.3. The van der Waals surface area contributed by atoms with Gasteiger partial charge in [0.2, 0.25) is 0 Å². The SMILES string of the molecule is Cc1cc(CNC(C)CCC(=O)O)on1. The van der Waals surface area contributed by atoms with E-state index in [0.29, 0.717) is 13.0 Å². The molecule has 0 aromatic carbocycles.